The second-order valence-electron chi connectivity index (χ2n) is 6.44. The molecule has 3 nitrogen and oxygen atoms in total. The lowest BCUT2D eigenvalue weighted by Gasteiger charge is -2.24. The molecule has 0 unspecified atom stereocenters. The zero-order valence-corrected chi connectivity index (χ0v) is 13.1. The molecule has 0 atom stereocenters. The lowest BCUT2D eigenvalue weighted by Crippen LogP contribution is -2.15. The molecule has 116 valence electrons. The van der Waals surface area contributed by atoms with Crippen molar-refractivity contribution < 1.29 is 9.47 Å². The van der Waals surface area contributed by atoms with Crippen molar-refractivity contribution in [2.45, 2.75) is 57.7 Å². The summed E-state index contributed by atoms with van der Waals surface area (Å²) in [6.45, 7) is 2.48. The highest BCUT2D eigenvalue weighted by molar-refractivity contribution is 5.37. The van der Waals surface area contributed by atoms with Crippen LogP contribution in [0, 0.1) is 5.92 Å². The van der Waals surface area contributed by atoms with Crippen LogP contribution < -0.4 is 10.1 Å². The van der Waals surface area contributed by atoms with Gasteiger partial charge in [-0.05, 0) is 42.9 Å². The van der Waals surface area contributed by atoms with E-state index in [-0.39, 0.29) is 0 Å². The quantitative estimate of drug-likeness (QED) is 0.704. The van der Waals surface area contributed by atoms with Crippen molar-refractivity contribution in [1.82, 2.24) is 5.32 Å². The summed E-state index contributed by atoms with van der Waals surface area (Å²) in [5, 5.41) is 3.55. The van der Waals surface area contributed by atoms with Crippen molar-refractivity contribution in [3.8, 4) is 5.75 Å². The molecule has 3 heteroatoms. The zero-order chi connectivity index (χ0) is 14.5. The highest BCUT2D eigenvalue weighted by Gasteiger charge is 2.20. The molecule has 0 heterocycles. The normalized spacial score (nSPS) is 18.5. The van der Waals surface area contributed by atoms with E-state index in [2.05, 4.69) is 23.5 Å². The highest BCUT2D eigenvalue weighted by atomic mass is 16.5. The monoisotopic (exact) mass is 289 g/mol. The van der Waals surface area contributed by atoms with E-state index in [0.29, 0.717) is 6.61 Å². The summed E-state index contributed by atoms with van der Waals surface area (Å²) in [4.78, 5) is 0. The first-order chi connectivity index (χ1) is 10.3. The molecule has 1 N–H and O–H groups in total. The lowest BCUT2D eigenvalue weighted by atomic mass is 9.83. The van der Waals surface area contributed by atoms with Gasteiger partial charge in [-0.15, -0.1) is 0 Å². The maximum Gasteiger partial charge on any atom is 0.124 e. The van der Waals surface area contributed by atoms with E-state index in [4.69, 9.17) is 9.47 Å². The van der Waals surface area contributed by atoms with Crippen molar-refractivity contribution in [2.75, 3.05) is 13.7 Å². The minimum absolute atomic E-state index is 0.660. The molecule has 1 aromatic carbocycles. The molecule has 0 aliphatic heterocycles. The van der Waals surface area contributed by atoms with Crippen LogP contribution in [0.25, 0.3) is 0 Å². The minimum Gasteiger partial charge on any atom is -0.496 e. The molecule has 2 fully saturated rings. The van der Waals surface area contributed by atoms with E-state index < -0.39 is 0 Å². The number of ether oxygens (including phenoxy) is 2. The highest BCUT2D eigenvalue weighted by Crippen LogP contribution is 2.29. The third-order valence-electron chi connectivity index (χ3n) is 4.67. The van der Waals surface area contributed by atoms with Crippen LogP contribution in [-0.4, -0.2) is 19.8 Å². The van der Waals surface area contributed by atoms with Gasteiger partial charge < -0.3 is 14.8 Å². The van der Waals surface area contributed by atoms with Gasteiger partial charge in [0.2, 0.25) is 0 Å². The summed E-state index contributed by atoms with van der Waals surface area (Å²) >= 11 is 0. The molecule has 2 aliphatic carbocycles. The van der Waals surface area contributed by atoms with Gasteiger partial charge in [0.15, 0.2) is 0 Å². The Labute approximate surface area is 128 Å². The molecule has 0 aromatic heterocycles. The summed E-state index contributed by atoms with van der Waals surface area (Å²) in [5.74, 6) is 1.86. The average Bonchev–Trinajstić information content (AvgIpc) is 3.27. The fourth-order valence-corrected chi connectivity index (χ4v) is 2.82. The van der Waals surface area contributed by atoms with Crippen LogP contribution in [-0.2, 0) is 17.9 Å². The number of rotatable bonds is 9. The van der Waals surface area contributed by atoms with Gasteiger partial charge in [-0.3, -0.25) is 0 Å². The number of methoxy groups -OCH3 is 1. The Hall–Kier alpha value is -1.06. The molecule has 0 radical (unpaired) electrons. The van der Waals surface area contributed by atoms with Crippen LogP contribution >= 0.6 is 0 Å². The summed E-state index contributed by atoms with van der Waals surface area (Å²) < 4.78 is 11.3. The average molecular weight is 289 g/mol. The van der Waals surface area contributed by atoms with Crippen molar-refractivity contribution in [2.24, 2.45) is 5.92 Å². The predicted molar refractivity (Wildman–Crippen MR) is 84.5 cm³/mol. The van der Waals surface area contributed by atoms with E-state index >= 15 is 0 Å². The Kier molecular flexibility index (Phi) is 5.15. The molecular formula is C18H27NO2. The largest absolute Gasteiger partial charge is 0.496 e. The van der Waals surface area contributed by atoms with Gasteiger partial charge in [0.1, 0.15) is 5.75 Å². The summed E-state index contributed by atoms with van der Waals surface area (Å²) in [5.41, 5.74) is 2.49. The van der Waals surface area contributed by atoms with E-state index in [1.165, 1.54) is 49.7 Å². The Morgan fingerprint density at radius 3 is 2.71 bits per heavy atom. The first kappa shape index (κ1) is 14.9. The zero-order valence-electron chi connectivity index (χ0n) is 13.1. The van der Waals surface area contributed by atoms with Gasteiger partial charge in [0.25, 0.3) is 0 Å². The van der Waals surface area contributed by atoms with E-state index in [1.807, 2.05) is 0 Å². The Morgan fingerprint density at radius 1 is 1.19 bits per heavy atom. The fourth-order valence-electron chi connectivity index (χ4n) is 2.82. The standard InChI is InChI=1S/C18H27NO2/c1-20-18-8-5-15(12-19-17-6-7-17)11-16(18)13-21-10-9-14-3-2-4-14/h5,8,11,14,17,19H,2-4,6-7,9-10,12-13H2,1H3. The number of hydrogen-bond acceptors (Lipinski definition) is 3. The molecule has 21 heavy (non-hydrogen) atoms. The number of hydrogen-bond donors (Lipinski definition) is 1. The van der Waals surface area contributed by atoms with Gasteiger partial charge in [-0.1, -0.05) is 25.3 Å². The van der Waals surface area contributed by atoms with Gasteiger partial charge in [0.05, 0.1) is 13.7 Å². The first-order valence-electron chi connectivity index (χ1n) is 8.32. The van der Waals surface area contributed by atoms with Crippen molar-refractivity contribution in [1.29, 1.82) is 0 Å². The molecule has 0 bridgehead atoms. The number of benzene rings is 1. The predicted octanol–water partition coefficient (Wildman–Crippen LogP) is 3.65. The Morgan fingerprint density at radius 2 is 2.05 bits per heavy atom. The third kappa shape index (κ3) is 4.45. The summed E-state index contributed by atoms with van der Waals surface area (Å²) in [7, 11) is 1.73. The van der Waals surface area contributed by atoms with Crippen molar-refractivity contribution >= 4 is 0 Å². The maximum absolute atomic E-state index is 5.86. The van der Waals surface area contributed by atoms with E-state index in [1.54, 1.807) is 7.11 Å². The second-order valence-corrected chi connectivity index (χ2v) is 6.44. The molecule has 1 aromatic rings. The van der Waals surface area contributed by atoms with E-state index in [0.717, 1.165) is 30.9 Å². The van der Waals surface area contributed by atoms with Gasteiger partial charge in [-0.25, -0.2) is 0 Å². The minimum atomic E-state index is 0.660. The third-order valence-corrected chi connectivity index (χ3v) is 4.67. The van der Waals surface area contributed by atoms with Crippen LogP contribution in [0.1, 0.15) is 49.7 Å². The van der Waals surface area contributed by atoms with Crippen LogP contribution in [0.2, 0.25) is 0 Å². The Balaban J connectivity index is 1.48. The molecular weight excluding hydrogens is 262 g/mol. The van der Waals surface area contributed by atoms with Crippen molar-refractivity contribution in [3.63, 3.8) is 0 Å². The molecule has 0 saturated heterocycles. The topological polar surface area (TPSA) is 30.5 Å². The molecule has 0 spiro atoms. The lowest BCUT2D eigenvalue weighted by molar-refractivity contribution is 0.0936. The van der Waals surface area contributed by atoms with Crippen molar-refractivity contribution in [3.05, 3.63) is 29.3 Å². The molecule has 0 amide bonds. The molecule has 2 aliphatic rings. The first-order valence-corrected chi connectivity index (χ1v) is 8.32. The van der Waals surface area contributed by atoms with Gasteiger partial charge in [0, 0.05) is 24.8 Å². The fraction of sp³-hybridized carbons (Fsp3) is 0.667. The molecule has 3 rings (SSSR count). The van der Waals surface area contributed by atoms with Gasteiger partial charge >= 0.3 is 0 Å². The Bertz CT molecular complexity index is 453. The second kappa shape index (κ2) is 7.28. The van der Waals surface area contributed by atoms with Crippen LogP contribution in [0.3, 0.4) is 0 Å². The molecule has 2 saturated carbocycles. The number of nitrogens with one attached hydrogen (secondary N) is 1. The van der Waals surface area contributed by atoms with E-state index in [9.17, 15) is 0 Å². The SMILES string of the molecule is COc1ccc(CNC2CC2)cc1COCCC1CCC1. The smallest absolute Gasteiger partial charge is 0.124 e. The van der Waals surface area contributed by atoms with Crippen LogP contribution in [0.4, 0.5) is 0 Å². The summed E-state index contributed by atoms with van der Waals surface area (Å²) in [6.07, 6.45) is 8.07. The van der Waals surface area contributed by atoms with Crippen LogP contribution in [0.15, 0.2) is 18.2 Å². The maximum atomic E-state index is 5.86. The van der Waals surface area contributed by atoms with Crippen LogP contribution in [0.5, 0.6) is 5.75 Å². The van der Waals surface area contributed by atoms with Gasteiger partial charge in [-0.2, -0.15) is 0 Å². The summed E-state index contributed by atoms with van der Waals surface area (Å²) in [6, 6.07) is 7.17.